The molecule has 3 N–H and O–H groups in total. The van der Waals surface area contributed by atoms with Crippen LogP contribution in [0.2, 0.25) is 15.1 Å². The van der Waals surface area contributed by atoms with Crippen LogP contribution in [0.4, 0.5) is 5.69 Å². The van der Waals surface area contributed by atoms with Crippen molar-refractivity contribution in [2.24, 2.45) is 11.7 Å². The average Bonchev–Trinajstić information content (AvgIpc) is 2.33. The van der Waals surface area contributed by atoms with E-state index in [1.165, 1.54) is 12.1 Å². The van der Waals surface area contributed by atoms with Crippen LogP contribution in [0.15, 0.2) is 12.1 Å². The maximum Gasteiger partial charge on any atom is 0.224 e. The van der Waals surface area contributed by atoms with Crippen molar-refractivity contribution in [2.75, 3.05) is 11.9 Å². The molecule has 0 spiro atoms. The molecule has 1 unspecified atom stereocenters. The standard InChI is InChI=1S/C12H15Cl3N2O/c1-2-7(6-16)3-12(18)17-11-5-9(14)8(13)4-10(11)15/h4-5,7H,2-3,6,16H2,1H3,(H,17,18). The molecule has 1 aromatic carbocycles. The Morgan fingerprint density at radius 1 is 1.28 bits per heavy atom. The first-order valence-corrected chi connectivity index (χ1v) is 6.75. The summed E-state index contributed by atoms with van der Waals surface area (Å²) in [6.07, 6.45) is 1.22. The first-order chi connectivity index (χ1) is 8.47. The molecule has 1 aromatic rings. The predicted molar refractivity (Wildman–Crippen MR) is 77.6 cm³/mol. The third-order valence-electron chi connectivity index (χ3n) is 2.67. The van der Waals surface area contributed by atoms with Gasteiger partial charge in [-0.1, -0.05) is 48.1 Å². The van der Waals surface area contributed by atoms with Gasteiger partial charge in [-0.3, -0.25) is 4.79 Å². The molecule has 0 aliphatic heterocycles. The van der Waals surface area contributed by atoms with Gasteiger partial charge in [0.25, 0.3) is 0 Å². The van der Waals surface area contributed by atoms with Gasteiger partial charge in [0.15, 0.2) is 0 Å². The van der Waals surface area contributed by atoms with Crippen LogP contribution in [0.5, 0.6) is 0 Å². The highest BCUT2D eigenvalue weighted by atomic mass is 35.5. The fourth-order valence-corrected chi connectivity index (χ4v) is 2.07. The summed E-state index contributed by atoms with van der Waals surface area (Å²) >= 11 is 17.6. The molecule has 6 heteroatoms. The maximum atomic E-state index is 11.8. The minimum Gasteiger partial charge on any atom is -0.330 e. The molecular formula is C12H15Cl3N2O. The molecular weight excluding hydrogens is 295 g/mol. The van der Waals surface area contributed by atoms with Crippen molar-refractivity contribution < 1.29 is 4.79 Å². The van der Waals surface area contributed by atoms with E-state index < -0.39 is 0 Å². The fraction of sp³-hybridized carbons (Fsp3) is 0.417. The highest BCUT2D eigenvalue weighted by molar-refractivity contribution is 6.44. The molecule has 0 aliphatic rings. The quantitative estimate of drug-likeness (QED) is 0.809. The zero-order valence-corrected chi connectivity index (χ0v) is 12.2. The highest BCUT2D eigenvalue weighted by Gasteiger charge is 2.13. The lowest BCUT2D eigenvalue weighted by atomic mass is 10.0. The molecule has 0 fully saturated rings. The highest BCUT2D eigenvalue weighted by Crippen LogP contribution is 2.32. The molecule has 3 nitrogen and oxygen atoms in total. The molecule has 0 aliphatic carbocycles. The molecule has 0 bridgehead atoms. The monoisotopic (exact) mass is 308 g/mol. The first kappa shape index (κ1) is 15.6. The van der Waals surface area contributed by atoms with Gasteiger partial charge in [0.05, 0.1) is 20.8 Å². The van der Waals surface area contributed by atoms with Crippen LogP contribution in [0.25, 0.3) is 0 Å². The molecule has 100 valence electrons. The molecule has 1 atom stereocenters. The van der Waals surface area contributed by atoms with Crippen LogP contribution in [0.3, 0.4) is 0 Å². The lowest BCUT2D eigenvalue weighted by molar-refractivity contribution is -0.117. The SMILES string of the molecule is CCC(CN)CC(=O)Nc1cc(Cl)c(Cl)cc1Cl. The summed E-state index contributed by atoms with van der Waals surface area (Å²) in [4.78, 5) is 11.8. The zero-order valence-electron chi connectivity index (χ0n) is 9.97. The predicted octanol–water partition coefficient (Wildman–Crippen LogP) is 3.96. The smallest absolute Gasteiger partial charge is 0.224 e. The number of hydrogen-bond acceptors (Lipinski definition) is 2. The van der Waals surface area contributed by atoms with Crippen molar-refractivity contribution in [1.82, 2.24) is 0 Å². The van der Waals surface area contributed by atoms with E-state index in [1.807, 2.05) is 6.92 Å². The van der Waals surface area contributed by atoms with E-state index in [4.69, 9.17) is 40.5 Å². The number of anilines is 1. The number of hydrogen-bond donors (Lipinski definition) is 2. The molecule has 0 saturated carbocycles. The number of nitrogens with two attached hydrogens (primary N) is 1. The van der Waals surface area contributed by atoms with E-state index in [2.05, 4.69) is 5.32 Å². The van der Waals surface area contributed by atoms with Crippen molar-refractivity contribution in [3.05, 3.63) is 27.2 Å². The van der Waals surface area contributed by atoms with E-state index in [9.17, 15) is 4.79 Å². The summed E-state index contributed by atoms with van der Waals surface area (Å²) in [5.41, 5.74) is 6.02. The largest absolute Gasteiger partial charge is 0.330 e. The summed E-state index contributed by atoms with van der Waals surface area (Å²) in [6.45, 7) is 2.48. The van der Waals surface area contributed by atoms with Crippen LogP contribution in [-0.2, 0) is 4.79 Å². The minimum atomic E-state index is -0.132. The van der Waals surface area contributed by atoms with Gasteiger partial charge in [-0.25, -0.2) is 0 Å². The van der Waals surface area contributed by atoms with Crippen LogP contribution in [0, 0.1) is 5.92 Å². The Morgan fingerprint density at radius 2 is 1.89 bits per heavy atom. The Morgan fingerprint density at radius 3 is 2.44 bits per heavy atom. The minimum absolute atomic E-state index is 0.132. The second-order valence-electron chi connectivity index (χ2n) is 4.01. The van der Waals surface area contributed by atoms with Crippen molar-refractivity contribution in [3.63, 3.8) is 0 Å². The molecule has 18 heavy (non-hydrogen) atoms. The number of rotatable bonds is 5. The maximum absolute atomic E-state index is 11.8. The Hall–Kier alpha value is -0.480. The fourth-order valence-electron chi connectivity index (χ4n) is 1.48. The Bertz CT molecular complexity index is 434. The Kier molecular flexibility index (Phi) is 6.22. The van der Waals surface area contributed by atoms with Gasteiger partial charge in [-0.15, -0.1) is 0 Å². The topological polar surface area (TPSA) is 55.1 Å². The number of carbonyl (C=O) groups is 1. The lowest BCUT2D eigenvalue weighted by Crippen LogP contribution is -2.21. The van der Waals surface area contributed by atoms with Crippen LogP contribution in [-0.4, -0.2) is 12.5 Å². The van der Waals surface area contributed by atoms with Crippen LogP contribution >= 0.6 is 34.8 Å². The van der Waals surface area contributed by atoms with Crippen LogP contribution in [0.1, 0.15) is 19.8 Å². The third-order valence-corrected chi connectivity index (χ3v) is 3.70. The molecule has 0 aromatic heterocycles. The number of amides is 1. The van der Waals surface area contributed by atoms with Gasteiger partial charge < -0.3 is 11.1 Å². The Balaban J connectivity index is 2.73. The van der Waals surface area contributed by atoms with Crippen molar-refractivity contribution in [3.8, 4) is 0 Å². The van der Waals surface area contributed by atoms with E-state index in [-0.39, 0.29) is 11.8 Å². The summed E-state index contributed by atoms with van der Waals surface area (Å²) in [6, 6.07) is 3.04. The summed E-state index contributed by atoms with van der Waals surface area (Å²) in [5, 5.41) is 3.77. The molecule has 0 heterocycles. The van der Waals surface area contributed by atoms with Gasteiger partial charge in [0.1, 0.15) is 0 Å². The Labute approximate surface area is 122 Å². The lowest BCUT2D eigenvalue weighted by Gasteiger charge is -2.13. The normalized spacial score (nSPS) is 12.3. The number of nitrogens with one attached hydrogen (secondary N) is 1. The molecule has 1 rings (SSSR count). The van der Waals surface area contributed by atoms with Gasteiger partial charge in [0, 0.05) is 6.42 Å². The van der Waals surface area contributed by atoms with E-state index >= 15 is 0 Å². The van der Waals surface area contributed by atoms with Gasteiger partial charge in [-0.2, -0.15) is 0 Å². The third kappa shape index (κ3) is 4.32. The summed E-state index contributed by atoms with van der Waals surface area (Å²) in [5.74, 6) is 0.0409. The van der Waals surface area contributed by atoms with E-state index in [0.717, 1.165) is 6.42 Å². The van der Waals surface area contributed by atoms with E-state index in [1.54, 1.807) is 0 Å². The number of benzene rings is 1. The number of carbonyl (C=O) groups excluding carboxylic acids is 1. The van der Waals surface area contributed by atoms with Crippen molar-refractivity contribution >= 4 is 46.4 Å². The molecule has 0 saturated heterocycles. The van der Waals surface area contributed by atoms with Crippen molar-refractivity contribution in [1.29, 1.82) is 0 Å². The molecule has 1 amide bonds. The van der Waals surface area contributed by atoms with Crippen molar-refractivity contribution in [2.45, 2.75) is 19.8 Å². The van der Waals surface area contributed by atoms with Gasteiger partial charge in [0.2, 0.25) is 5.91 Å². The van der Waals surface area contributed by atoms with Crippen LogP contribution < -0.4 is 11.1 Å². The summed E-state index contributed by atoms with van der Waals surface area (Å²) < 4.78 is 0. The van der Waals surface area contributed by atoms with Gasteiger partial charge in [-0.05, 0) is 24.6 Å². The first-order valence-electron chi connectivity index (χ1n) is 5.62. The molecule has 0 radical (unpaired) electrons. The zero-order chi connectivity index (χ0) is 13.7. The average molecular weight is 310 g/mol. The second-order valence-corrected chi connectivity index (χ2v) is 5.23. The van der Waals surface area contributed by atoms with E-state index in [0.29, 0.717) is 33.7 Å². The number of halogens is 3. The second kappa shape index (κ2) is 7.19. The van der Waals surface area contributed by atoms with Gasteiger partial charge >= 0.3 is 0 Å². The summed E-state index contributed by atoms with van der Waals surface area (Å²) in [7, 11) is 0.